The Hall–Kier alpha value is -0.530. The highest BCUT2D eigenvalue weighted by Gasteiger charge is 2.32. The van der Waals surface area contributed by atoms with Crippen molar-refractivity contribution in [1.82, 2.24) is 0 Å². The van der Waals surface area contributed by atoms with Crippen molar-refractivity contribution >= 4 is 5.97 Å². The lowest BCUT2D eigenvalue weighted by Gasteiger charge is -2.36. The molecule has 0 heterocycles. The molecule has 3 fully saturated rings. The van der Waals surface area contributed by atoms with Crippen molar-refractivity contribution in [3.8, 4) is 0 Å². The van der Waals surface area contributed by atoms with Gasteiger partial charge in [0.2, 0.25) is 0 Å². The molecule has 0 atom stereocenters. The third-order valence-corrected chi connectivity index (χ3v) is 6.67. The summed E-state index contributed by atoms with van der Waals surface area (Å²) in [7, 11) is 0. The van der Waals surface area contributed by atoms with Crippen LogP contribution in [0, 0.1) is 23.7 Å². The molecule has 0 aromatic rings. The number of rotatable bonds is 3. The van der Waals surface area contributed by atoms with Crippen LogP contribution in [0.4, 0.5) is 0 Å². The third kappa shape index (κ3) is 4.26. The maximum atomic E-state index is 12.3. The van der Waals surface area contributed by atoms with E-state index in [1.165, 1.54) is 57.8 Å². The Morgan fingerprint density at radius 3 is 1.95 bits per heavy atom. The van der Waals surface area contributed by atoms with Gasteiger partial charge in [0.1, 0.15) is 6.10 Å². The van der Waals surface area contributed by atoms with Crippen molar-refractivity contribution in [2.24, 2.45) is 23.7 Å². The highest BCUT2D eigenvalue weighted by atomic mass is 16.5. The molecule has 126 valence electrons. The lowest BCUT2D eigenvalue weighted by atomic mass is 9.73. The first kappa shape index (κ1) is 16.3. The predicted molar refractivity (Wildman–Crippen MR) is 89.5 cm³/mol. The van der Waals surface area contributed by atoms with Crippen LogP contribution in [0.25, 0.3) is 0 Å². The molecule has 0 radical (unpaired) electrons. The Labute approximate surface area is 136 Å². The zero-order valence-corrected chi connectivity index (χ0v) is 14.4. The molecule has 0 bridgehead atoms. The Bertz CT molecular complexity index is 343. The van der Waals surface area contributed by atoms with E-state index in [1.54, 1.807) is 0 Å². The van der Waals surface area contributed by atoms with Gasteiger partial charge in [0, 0.05) is 0 Å². The fourth-order valence-electron chi connectivity index (χ4n) is 5.04. The standard InChI is InChI=1S/C20H34O2/c1-15-7-9-18(10-8-15)20(21)22-19-13-11-17(12-14-19)16-5-3-2-4-6-16/h15-19H,2-14H2,1H3. The second-order valence-electron chi connectivity index (χ2n) is 8.33. The van der Waals surface area contributed by atoms with Crippen LogP contribution in [-0.4, -0.2) is 12.1 Å². The van der Waals surface area contributed by atoms with Gasteiger partial charge in [0.05, 0.1) is 5.92 Å². The van der Waals surface area contributed by atoms with Crippen LogP contribution in [0.5, 0.6) is 0 Å². The van der Waals surface area contributed by atoms with E-state index in [9.17, 15) is 4.79 Å². The first-order chi connectivity index (χ1) is 10.7. The third-order valence-electron chi connectivity index (χ3n) is 6.67. The number of carbonyl (C=O) groups excluding carboxylic acids is 1. The van der Waals surface area contributed by atoms with Crippen molar-refractivity contribution < 1.29 is 9.53 Å². The van der Waals surface area contributed by atoms with E-state index in [-0.39, 0.29) is 18.0 Å². The fraction of sp³-hybridized carbons (Fsp3) is 0.950. The highest BCUT2D eigenvalue weighted by molar-refractivity contribution is 5.72. The lowest BCUT2D eigenvalue weighted by molar-refractivity contribution is -0.157. The van der Waals surface area contributed by atoms with Crippen molar-refractivity contribution in [3.63, 3.8) is 0 Å². The topological polar surface area (TPSA) is 26.3 Å². The van der Waals surface area contributed by atoms with Gasteiger partial charge in [-0.3, -0.25) is 4.79 Å². The lowest BCUT2D eigenvalue weighted by Crippen LogP contribution is -2.31. The summed E-state index contributed by atoms with van der Waals surface area (Å²) in [5, 5.41) is 0. The minimum Gasteiger partial charge on any atom is -0.462 e. The molecule has 0 spiro atoms. The summed E-state index contributed by atoms with van der Waals surface area (Å²) in [5.41, 5.74) is 0. The number of ether oxygens (including phenoxy) is 1. The summed E-state index contributed by atoms with van der Waals surface area (Å²) >= 11 is 0. The molecular weight excluding hydrogens is 272 g/mol. The van der Waals surface area contributed by atoms with E-state index in [0.29, 0.717) is 0 Å². The fourth-order valence-corrected chi connectivity index (χ4v) is 5.04. The summed E-state index contributed by atoms with van der Waals surface area (Å²) in [6.45, 7) is 2.30. The van der Waals surface area contributed by atoms with Gasteiger partial charge in [-0.15, -0.1) is 0 Å². The van der Waals surface area contributed by atoms with E-state index in [0.717, 1.165) is 43.4 Å². The minimum atomic E-state index is 0.119. The minimum absolute atomic E-state index is 0.119. The molecule has 3 aliphatic carbocycles. The average molecular weight is 306 g/mol. The summed E-state index contributed by atoms with van der Waals surface area (Å²) in [4.78, 5) is 12.3. The molecule has 3 rings (SSSR count). The molecule has 0 aromatic carbocycles. The van der Waals surface area contributed by atoms with Crippen molar-refractivity contribution in [1.29, 1.82) is 0 Å². The highest BCUT2D eigenvalue weighted by Crippen LogP contribution is 2.39. The summed E-state index contributed by atoms with van der Waals surface area (Å²) in [6, 6.07) is 0. The van der Waals surface area contributed by atoms with E-state index in [1.807, 2.05) is 0 Å². The van der Waals surface area contributed by atoms with Crippen molar-refractivity contribution in [2.45, 2.75) is 96.5 Å². The average Bonchev–Trinajstić information content (AvgIpc) is 2.57. The number of hydrogen-bond acceptors (Lipinski definition) is 2. The van der Waals surface area contributed by atoms with Crippen LogP contribution in [0.1, 0.15) is 90.4 Å². The molecule has 0 aromatic heterocycles. The molecule has 3 aliphatic rings. The smallest absolute Gasteiger partial charge is 0.309 e. The molecular formula is C20H34O2. The molecule has 0 aliphatic heterocycles. The van der Waals surface area contributed by atoms with Gasteiger partial charge in [0.25, 0.3) is 0 Å². The van der Waals surface area contributed by atoms with Gasteiger partial charge in [-0.05, 0) is 69.1 Å². The van der Waals surface area contributed by atoms with Crippen molar-refractivity contribution in [3.05, 3.63) is 0 Å². The van der Waals surface area contributed by atoms with Crippen LogP contribution in [0.3, 0.4) is 0 Å². The van der Waals surface area contributed by atoms with E-state index >= 15 is 0 Å². The maximum absolute atomic E-state index is 12.3. The maximum Gasteiger partial charge on any atom is 0.309 e. The normalized spacial score (nSPS) is 37.7. The van der Waals surface area contributed by atoms with Crippen LogP contribution in [0.15, 0.2) is 0 Å². The van der Waals surface area contributed by atoms with Gasteiger partial charge in [-0.25, -0.2) is 0 Å². The molecule has 0 unspecified atom stereocenters. The SMILES string of the molecule is CC1CCC(C(=O)OC2CCC(C3CCCCC3)CC2)CC1. The number of carbonyl (C=O) groups is 1. The van der Waals surface area contributed by atoms with E-state index in [2.05, 4.69) is 6.92 Å². The monoisotopic (exact) mass is 306 g/mol. The quantitative estimate of drug-likeness (QED) is 0.644. The largest absolute Gasteiger partial charge is 0.462 e. The van der Waals surface area contributed by atoms with Crippen LogP contribution in [-0.2, 0) is 9.53 Å². The summed E-state index contributed by atoms with van der Waals surface area (Å²) in [5.74, 6) is 3.02. The molecule has 0 saturated heterocycles. The van der Waals surface area contributed by atoms with E-state index in [4.69, 9.17) is 4.74 Å². The second kappa shape index (κ2) is 7.84. The first-order valence-electron chi connectivity index (χ1n) is 9.93. The summed E-state index contributed by atoms with van der Waals surface area (Å²) < 4.78 is 5.86. The molecule has 0 N–H and O–H groups in total. The zero-order valence-electron chi connectivity index (χ0n) is 14.4. The number of hydrogen-bond donors (Lipinski definition) is 0. The molecule has 3 saturated carbocycles. The Kier molecular flexibility index (Phi) is 5.82. The number of esters is 1. The Morgan fingerprint density at radius 1 is 0.727 bits per heavy atom. The van der Waals surface area contributed by atoms with E-state index < -0.39 is 0 Å². The predicted octanol–water partition coefficient (Wildman–Crippen LogP) is 5.50. The van der Waals surface area contributed by atoms with Gasteiger partial charge in [0.15, 0.2) is 0 Å². The molecule has 0 amide bonds. The molecule has 2 nitrogen and oxygen atoms in total. The first-order valence-corrected chi connectivity index (χ1v) is 9.93. The van der Waals surface area contributed by atoms with Gasteiger partial charge < -0.3 is 4.74 Å². The Morgan fingerprint density at radius 2 is 1.32 bits per heavy atom. The van der Waals surface area contributed by atoms with Gasteiger partial charge in [-0.1, -0.05) is 39.0 Å². The second-order valence-corrected chi connectivity index (χ2v) is 8.33. The van der Waals surface area contributed by atoms with Gasteiger partial charge in [-0.2, -0.15) is 0 Å². The molecule has 22 heavy (non-hydrogen) atoms. The molecule has 2 heteroatoms. The van der Waals surface area contributed by atoms with Crippen LogP contribution >= 0.6 is 0 Å². The van der Waals surface area contributed by atoms with Crippen LogP contribution < -0.4 is 0 Å². The van der Waals surface area contributed by atoms with Crippen LogP contribution in [0.2, 0.25) is 0 Å². The van der Waals surface area contributed by atoms with Crippen molar-refractivity contribution in [2.75, 3.05) is 0 Å². The Balaban J connectivity index is 1.39. The summed E-state index contributed by atoms with van der Waals surface area (Å²) in [6.07, 6.45) is 16.8. The zero-order chi connectivity index (χ0) is 15.4. The van der Waals surface area contributed by atoms with Gasteiger partial charge >= 0.3 is 5.97 Å².